The number of ether oxygens (including phenoxy) is 2. The van der Waals surface area contributed by atoms with Crippen molar-refractivity contribution in [2.75, 3.05) is 26.8 Å². The smallest absolute Gasteiger partial charge is 0.360 e. The van der Waals surface area contributed by atoms with Crippen LogP contribution in [-0.2, 0) is 16.0 Å². The van der Waals surface area contributed by atoms with Crippen molar-refractivity contribution >= 4 is 29.2 Å². The fourth-order valence-corrected chi connectivity index (χ4v) is 2.84. The number of oxazole rings is 1. The molecule has 0 saturated carbocycles. The molecule has 1 aliphatic rings. The van der Waals surface area contributed by atoms with Gasteiger partial charge in [-0.15, -0.1) is 0 Å². The second-order valence-corrected chi connectivity index (χ2v) is 6.20. The number of carbonyl (C=O) groups is 1. The highest BCUT2D eigenvalue weighted by atomic mass is 35.5. The molecule has 128 valence electrons. The van der Waals surface area contributed by atoms with Crippen LogP contribution in [0.15, 0.2) is 28.9 Å². The Kier molecular flexibility index (Phi) is 5.40. The maximum atomic E-state index is 11.4. The number of halogens is 2. The first-order valence-electron chi connectivity index (χ1n) is 7.38. The minimum Gasteiger partial charge on any atom is -0.464 e. The van der Waals surface area contributed by atoms with Crippen LogP contribution in [-0.4, -0.2) is 42.7 Å². The van der Waals surface area contributed by atoms with E-state index in [9.17, 15) is 4.79 Å². The summed E-state index contributed by atoms with van der Waals surface area (Å²) in [6, 6.07) is 5.49. The summed E-state index contributed by atoms with van der Waals surface area (Å²) in [7, 11) is 1.31. The van der Waals surface area contributed by atoms with E-state index in [2.05, 4.69) is 14.6 Å². The number of methoxy groups -OCH3 is 1. The normalized spacial score (nSPS) is 18.5. The van der Waals surface area contributed by atoms with Crippen molar-refractivity contribution in [3.05, 3.63) is 51.7 Å². The van der Waals surface area contributed by atoms with Gasteiger partial charge in [-0.05, 0) is 17.7 Å². The van der Waals surface area contributed by atoms with Crippen LogP contribution in [0, 0.1) is 0 Å². The predicted octanol–water partition coefficient (Wildman–Crippen LogP) is 3.34. The molecule has 0 N–H and O–H groups in total. The van der Waals surface area contributed by atoms with Crippen LogP contribution in [0.25, 0.3) is 0 Å². The number of aromatic nitrogens is 1. The van der Waals surface area contributed by atoms with Crippen LogP contribution in [0.4, 0.5) is 0 Å². The Hall–Kier alpha value is -1.60. The first kappa shape index (κ1) is 17.2. The number of morpholine rings is 1. The van der Waals surface area contributed by atoms with Gasteiger partial charge in [-0.2, -0.15) is 0 Å². The van der Waals surface area contributed by atoms with Crippen LogP contribution in [0.2, 0.25) is 10.0 Å². The van der Waals surface area contributed by atoms with E-state index < -0.39 is 5.97 Å². The summed E-state index contributed by atoms with van der Waals surface area (Å²) in [5.41, 5.74) is 1.14. The van der Waals surface area contributed by atoms with Crippen molar-refractivity contribution < 1.29 is 18.7 Å². The molecular formula is C16H16Cl2N2O4. The highest BCUT2D eigenvalue weighted by molar-refractivity contribution is 6.42. The molecular weight excluding hydrogens is 355 g/mol. The van der Waals surface area contributed by atoms with Crippen molar-refractivity contribution in [2.24, 2.45) is 0 Å². The lowest BCUT2D eigenvalue weighted by Crippen LogP contribution is -2.37. The van der Waals surface area contributed by atoms with E-state index in [1.54, 1.807) is 6.07 Å². The second kappa shape index (κ2) is 7.53. The van der Waals surface area contributed by atoms with Crippen molar-refractivity contribution in [1.29, 1.82) is 0 Å². The number of hydrogen-bond acceptors (Lipinski definition) is 6. The third kappa shape index (κ3) is 3.89. The average Bonchev–Trinajstić information content (AvgIpc) is 3.05. The summed E-state index contributed by atoms with van der Waals surface area (Å²) < 4.78 is 15.8. The highest BCUT2D eigenvalue weighted by Crippen LogP contribution is 2.29. The van der Waals surface area contributed by atoms with Gasteiger partial charge in [-0.1, -0.05) is 29.3 Å². The molecule has 0 amide bonds. The van der Waals surface area contributed by atoms with Gasteiger partial charge in [0.25, 0.3) is 0 Å². The second-order valence-electron chi connectivity index (χ2n) is 5.39. The van der Waals surface area contributed by atoms with Crippen LogP contribution >= 0.6 is 23.2 Å². The molecule has 0 aliphatic carbocycles. The van der Waals surface area contributed by atoms with Crippen LogP contribution < -0.4 is 0 Å². The molecule has 0 spiro atoms. The van der Waals surface area contributed by atoms with Gasteiger partial charge < -0.3 is 13.9 Å². The quantitative estimate of drug-likeness (QED) is 0.769. The zero-order valence-corrected chi connectivity index (χ0v) is 14.5. The van der Waals surface area contributed by atoms with E-state index in [0.717, 1.165) is 12.1 Å². The first-order valence-corrected chi connectivity index (χ1v) is 8.14. The van der Waals surface area contributed by atoms with Crippen molar-refractivity contribution in [3.8, 4) is 0 Å². The predicted molar refractivity (Wildman–Crippen MR) is 88.3 cm³/mol. The van der Waals surface area contributed by atoms with Gasteiger partial charge in [0.15, 0.2) is 5.69 Å². The molecule has 1 aliphatic heterocycles. The summed E-state index contributed by atoms with van der Waals surface area (Å²) in [4.78, 5) is 17.7. The molecule has 24 heavy (non-hydrogen) atoms. The Morgan fingerprint density at radius 1 is 1.42 bits per heavy atom. The van der Waals surface area contributed by atoms with E-state index in [1.165, 1.54) is 13.4 Å². The monoisotopic (exact) mass is 370 g/mol. The van der Waals surface area contributed by atoms with E-state index in [-0.39, 0.29) is 11.8 Å². The number of rotatable bonds is 4. The first-order chi connectivity index (χ1) is 11.6. The maximum Gasteiger partial charge on any atom is 0.360 e. The van der Waals surface area contributed by atoms with Gasteiger partial charge >= 0.3 is 5.97 Å². The minimum absolute atomic E-state index is 0.108. The fourth-order valence-electron chi connectivity index (χ4n) is 2.53. The van der Waals surface area contributed by atoms with E-state index in [0.29, 0.717) is 35.6 Å². The molecule has 6 nitrogen and oxygen atoms in total. The molecule has 2 aromatic rings. The Bertz CT molecular complexity index is 735. The summed E-state index contributed by atoms with van der Waals surface area (Å²) in [6.45, 7) is 2.47. The molecule has 1 aromatic carbocycles. The lowest BCUT2D eigenvalue weighted by Gasteiger charge is -2.32. The summed E-state index contributed by atoms with van der Waals surface area (Å²) in [5, 5.41) is 1.02. The molecule has 1 atom stereocenters. The van der Waals surface area contributed by atoms with Gasteiger partial charge in [-0.3, -0.25) is 4.90 Å². The zero-order valence-electron chi connectivity index (χ0n) is 13.0. The number of esters is 1. The van der Waals surface area contributed by atoms with Gasteiger partial charge in [-0.25, -0.2) is 9.78 Å². The topological polar surface area (TPSA) is 64.8 Å². The van der Waals surface area contributed by atoms with E-state index in [4.69, 9.17) is 32.4 Å². The van der Waals surface area contributed by atoms with Crippen LogP contribution in [0.3, 0.4) is 0 Å². The molecule has 2 heterocycles. The fraction of sp³-hybridized carbons (Fsp3) is 0.375. The number of hydrogen-bond donors (Lipinski definition) is 0. The Labute approximate surface area is 149 Å². The van der Waals surface area contributed by atoms with Gasteiger partial charge in [0.2, 0.25) is 5.89 Å². The van der Waals surface area contributed by atoms with Crippen LogP contribution in [0.1, 0.15) is 28.0 Å². The number of carbonyl (C=O) groups excluding carboxylic acids is 1. The lowest BCUT2D eigenvalue weighted by atomic mass is 10.1. The molecule has 1 fully saturated rings. The summed E-state index contributed by atoms with van der Waals surface area (Å²) >= 11 is 12.0. The largest absolute Gasteiger partial charge is 0.464 e. The third-order valence-corrected chi connectivity index (χ3v) is 4.51. The van der Waals surface area contributed by atoms with E-state index >= 15 is 0 Å². The maximum absolute atomic E-state index is 11.4. The Morgan fingerprint density at radius 3 is 3.00 bits per heavy atom. The lowest BCUT2D eigenvalue weighted by molar-refractivity contribution is -0.0351. The average molecular weight is 371 g/mol. The third-order valence-electron chi connectivity index (χ3n) is 3.77. The Morgan fingerprint density at radius 2 is 2.25 bits per heavy atom. The van der Waals surface area contributed by atoms with E-state index in [1.807, 2.05) is 12.1 Å². The summed E-state index contributed by atoms with van der Waals surface area (Å²) in [5.74, 6) is -0.0501. The molecule has 1 aromatic heterocycles. The molecule has 0 bridgehead atoms. The standard InChI is InChI=1S/C16H16Cl2N2O4/c1-22-16(21)13-9-24-15(19-13)8-20-4-5-23-14(7-20)10-2-3-11(17)12(18)6-10/h2-3,6,9,14H,4-5,7-8H2,1H3. The number of nitrogens with zero attached hydrogens (tertiary/aromatic N) is 2. The molecule has 3 rings (SSSR count). The van der Waals surface area contributed by atoms with Crippen molar-refractivity contribution in [1.82, 2.24) is 9.88 Å². The van der Waals surface area contributed by atoms with Crippen LogP contribution in [0.5, 0.6) is 0 Å². The molecule has 8 heteroatoms. The zero-order chi connectivity index (χ0) is 17.1. The van der Waals surface area contributed by atoms with Gasteiger partial charge in [0.1, 0.15) is 6.26 Å². The minimum atomic E-state index is -0.513. The van der Waals surface area contributed by atoms with Crippen molar-refractivity contribution in [2.45, 2.75) is 12.6 Å². The SMILES string of the molecule is COC(=O)c1coc(CN2CCOC(c3ccc(Cl)c(Cl)c3)C2)n1. The molecule has 1 saturated heterocycles. The van der Waals surface area contributed by atoms with Crippen molar-refractivity contribution in [3.63, 3.8) is 0 Å². The highest BCUT2D eigenvalue weighted by Gasteiger charge is 2.24. The molecule has 1 unspecified atom stereocenters. The Balaban J connectivity index is 1.66. The number of benzene rings is 1. The van der Waals surface area contributed by atoms with Gasteiger partial charge in [0, 0.05) is 13.1 Å². The van der Waals surface area contributed by atoms with Gasteiger partial charge in [0.05, 0.1) is 36.4 Å². The molecule has 0 radical (unpaired) electrons. The summed E-state index contributed by atoms with van der Waals surface area (Å²) in [6.07, 6.45) is 1.20.